The van der Waals surface area contributed by atoms with Gasteiger partial charge in [-0.1, -0.05) is 36.3 Å². The second-order valence-corrected chi connectivity index (χ2v) is 3.05. The van der Waals surface area contributed by atoms with Crippen LogP contribution in [0, 0.1) is 11.8 Å². The zero-order valence-electron chi connectivity index (χ0n) is 8.81. The first-order chi connectivity index (χ1) is 7.83. The monoisotopic (exact) mass is 216 g/mol. The molecule has 1 aromatic carbocycles. The lowest BCUT2D eigenvalue weighted by molar-refractivity contribution is -0.139. The number of carbonyl (C=O) groups is 2. The molecule has 0 radical (unpaired) electrons. The maximum Gasteiger partial charge on any atom is 0.384 e. The van der Waals surface area contributed by atoms with Crippen LogP contribution < -0.4 is 0 Å². The van der Waals surface area contributed by atoms with Crippen molar-refractivity contribution in [2.45, 2.75) is 12.8 Å². The van der Waals surface area contributed by atoms with E-state index in [2.05, 4.69) is 16.6 Å². The van der Waals surface area contributed by atoms with Gasteiger partial charge in [-0.25, -0.2) is 4.79 Å². The van der Waals surface area contributed by atoms with Crippen LogP contribution in [0.4, 0.5) is 0 Å². The molecule has 0 bridgehead atoms. The number of hydrogen-bond donors (Lipinski definition) is 0. The molecule has 0 N–H and O–H groups in total. The smallest absolute Gasteiger partial charge is 0.384 e. The van der Waals surface area contributed by atoms with Crippen molar-refractivity contribution in [3.63, 3.8) is 0 Å². The molecule has 16 heavy (non-hydrogen) atoms. The zero-order valence-corrected chi connectivity index (χ0v) is 8.81. The van der Waals surface area contributed by atoms with Crippen LogP contribution in [0.1, 0.15) is 12.0 Å². The Balaban J connectivity index is 2.27. The quantitative estimate of drug-likeness (QED) is 0.330. The number of aldehydes is 1. The minimum absolute atomic E-state index is 0.230. The third-order valence-corrected chi connectivity index (χ3v) is 1.85. The summed E-state index contributed by atoms with van der Waals surface area (Å²) in [6, 6.07) is 9.88. The van der Waals surface area contributed by atoms with Gasteiger partial charge >= 0.3 is 5.97 Å². The molecule has 0 aromatic heterocycles. The Labute approximate surface area is 94.4 Å². The van der Waals surface area contributed by atoms with E-state index in [0.717, 1.165) is 6.42 Å². The number of rotatable bonds is 4. The predicted molar refractivity (Wildman–Crippen MR) is 59.6 cm³/mol. The van der Waals surface area contributed by atoms with Crippen LogP contribution in [0.3, 0.4) is 0 Å². The first kappa shape index (κ1) is 12.0. The number of hydrogen-bond acceptors (Lipinski definition) is 3. The molecular weight excluding hydrogens is 204 g/mol. The molecule has 0 amide bonds. The highest BCUT2D eigenvalue weighted by Crippen LogP contribution is 2.00. The van der Waals surface area contributed by atoms with Crippen molar-refractivity contribution in [1.82, 2.24) is 0 Å². The van der Waals surface area contributed by atoms with E-state index in [1.807, 2.05) is 30.3 Å². The van der Waals surface area contributed by atoms with Crippen LogP contribution in [-0.2, 0) is 20.7 Å². The molecule has 1 aromatic rings. The van der Waals surface area contributed by atoms with E-state index in [-0.39, 0.29) is 6.61 Å². The average molecular weight is 216 g/mol. The lowest BCUT2D eigenvalue weighted by Crippen LogP contribution is -2.03. The highest BCUT2D eigenvalue weighted by atomic mass is 16.5. The van der Waals surface area contributed by atoms with Crippen LogP contribution in [0.15, 0.2) is 30.3 Å². The van der Waals surface area contributed by atoms with Gasteiger partial charge in [0.1, 0.15) is 6.61 Å². The molecule has 0 saturated heterocycles. The number of benzene rings is 1. The summed E-state index contributed by atoms with van der Waals surface area (Å²) in [5.74, 6) is 4.37. The summed E-state index contributed by atoms with van der Waals surface area (Å²) < 4.78 is 4.46. The number of carbonyl (C=O) groups excluding carboxylic acids is 2. The number of ether oxygens (including phenoxy) is 1. The molecule has 0 aliphatic heterocycles. The highest BCUT2D eigenvalue weighted by Gasteiger charge is 1.94. The van der Waals surface area contributed by atoms with Crippen LogP contribution >= 0.6 is 0 Å². The second kappa shape index (κ2) is 7.24. The molecule has 1 rings (SSSR count). The Kier molecular flexibility index (Phi) is 5.43. The van der Waals surface area contributed by atoms with E-state index in [0.29, 0.717) is 12.7 Å². The Morgan fingerprint density at radius 3 is 2.75 bits per heavy atom. The summed E-state index contributed by atoms with van der Waals surface area (Å²) in [6.07, 6.45) is 1.92. The normalized spacial score (nSPS) is 8.75. The SMILES string of the molecule is O=CCOC(=O)C#CCCc1ccccc1. The molecule has 0 atom stereocenters. The Hall–Kier alpha value is -2.08. The summed E-state index contributed by atoms with van der Waals surface area (Å²) in [5, 5.41) is 0. The standard InChI is InChI=1S/C13H12O3/c14-10-11-16-13(15)9-5-4-8-12-6-2-1-3-7-12/h1-3,6-7,10H,4,8,11H2. The fraction of sp³-hybridized carbons (Fsp3) is 0.231. The molecule has 0 saturated carbocycles. The summed E-state index contributed by atoms with van der Waals surface area (Å²) >= 11 is 0. The topological polar surface area (TPSA) is 43.4 Å². The Morgan fingerprint density at radius 2 is 2.06 bits per heavy atom. The van der Waals surface area contributed by atoms with Gasteiger partial charge in [0.2, 0.25) is 0 Å². The molecule has 0 aliphatic rings. The Bertz CT molecular complexity index is 398. The first-order valence-electron chi connectivity index (χ1n) is 4.96. The van der Waals surface area contributed by atoms with E-state index in [4.69, 9.17) is 0 Å². The molecule has 0 heterocycles. The lowest BCUT2D eigenvalue weighted by atomic mass is 10.1. The van der Waals surface area contributed by atoms with Gasteiger partial charge in [-0.2, -0.15) is 0 Å². The molecule has 0 fully saturated rings. The van der Waals surface area contributed by atoms with Crippen molar-refractivity contribution in [3.8, 4) is 11.8 Å². The predicted octanol–water partition coefficient (Wildman–Crippen LogP) is 1.36. The van der Waals surface area contributed by atoms with Gasteiger partial charge in [-0.3, -0.25) is 4.79 Å². The maximum absolute atomic E-state index is 10.9. The number of aryl methyl sites for hydroxylation is 1. The summed E-state index contributed by atoms with van der Waals surface area (Å²) in [6.45, 7) is -0.230. The fourth-order valence-electron chi connectivity index (χ4n) is 1.13. The first-order valence-corrected chi connectivity index (χ1v) is 4.96. The zero-order chi connectivity index (χ0) is 11.6. The summed E-state index contributed by atoms with van der Waals surface area (Å²) in [4.78, 5) is 20.8. The summed E-state index contributed by atoms with van der Waals surface area (Å²) in [5.41, 5.74) is 1.18. The van der Waals surface area contributed by atoms with E-state index in [1.54, 1.807) is 0 Å². The molecule has 0 aliphatic carbocycles. The van der Waals surface area contributed by atoms with Gasteiger partial charge < -0.3 is 4.74 Å². The molecule has 82 valence electrons. The van der Waals surface area contributed by atoms with E-state index in [1.165, 1.54) is 5.56 Å². The molecule has 3 heteroatoms. The second-order valence-electron chi connectivity index (χ2n) is 3.05. The van der Waals surface area contributed by atoms with Crippen molar-refractivity contribution in [2.75, 3.05) is 6.61 Å². The fourth-order valence-corrected chi connectivity index (χ4v) is 1.13. The van der Waals surface area contributed by atoms with Gasteiger partial charge in [0.15, 0.2) is 6.29 Å². The van der Waals surface area contributed by atoms with Gasteiger partial charge in [-0.05, 0) is 12.0 Å². The van der Waals surface area contributed by atoms with Crippen LogP contribution in [-0.4, -0.2) is 18.9 Å². The Morgan fingerprint density at radius 1 is 1.31 bits per heavy atom. The van der Waals surface area contributed by atoms with Gasteiger partial charge in [0, 0.05) is 12.3 Å². The van der Waals surface area contributed by atoms with Gasteiger partial charge in [0.25, 0.3) is 0 Å². The van der Waals surface area contributed by atoms with E-state index >= 15 is 0 Å². The van der Waals surface area contributed by atoms with E-state index < -0.39 is 5.97 Å². The minimum atomic E-state index is -0.653. The molecule has 0 unspecified atom stereocenters. The van der Waals surface area contributed by atoms with Crippen molar-refractivity contribution in [3.05, 3.63) is 35.9 Å². The highest BCUT2D eigenvalue weighted by molar-refractivity contribution is 5.89. The van der Waals surface area contributed by atoms with Crippen molar-refractivity contribution >= 4 is 12.3 Å². The van der Waals surface area contributed by atoms with E-state index in [9.17, 15) is 9.59 Å². The van der Waals surface area contributed by atoms with Crippen molar-refractivity contribution in [2.24, 2.45) is 0 Å². The molecular formula is C13H12O3. The average Bonchev–Trinajstić information content (AvgIpc) is 2.33. The lowest BCUT2D eigenvalue weighted by Gasteiger charge is -1.94. The van der Waals surface area contributed by atoms with Gasteiger partial charge in [-0.15, -0.1) is 0 Å². The van der Waals surface area contributed by atoms with Gasteiger partial charge in [0.05, 0.1) is 0 Å². The van der Waals surface area contributed by atoms with Crippen molar-refractivity contribution in [1.29, 1.82) is 0 Å². The largest absolute Gasteiger partial charge is 0.448 e. The molecule has 0 spiro atoms. The maximum atomic E-state index is 10.9. The van der Waals surface area contributed by atoms with Crippen molar-refractivity contribution < 1.29 is 14.3 Å². The van der Waals surface area contributed by atoms with Crippen LogP contribution in [0.5, 0.6) is 0 Å². The third kappa shape index (κ3) is 4.97. The third-order valence-electron chi connectivity index (χ3n) is 1.85. The molecule has 3 nitrogen and oxygen atoms in total. The van der Waals surface area contributed by atoms with Crippen LogP contribution in [0.2, 0.25) is 0 Å². The van der Waals surface area contributed by atoms with Crippen LogP contribution in [0.25, 0.3) is 0 Å². The number of esters is 1. The summed E-state index contributed by atoms with van der Waals surface area (Å²) in [7, 11) is 0. The minimum Gasteiger partial charge on any atom is -0.448 e.